The Kier molecular flexibility index (Phi) is 4.03. The predicted octanol–water partition coefficient (Wildman–Crippen LogP) is 3.71. The van der Waals surface area contributed by atoms with Crippen LogP contribution < -0.4 is 5.32 Å². The van der Waals surface area contributed by atoms with Crippen LogP contribution in [0.15, 0.2) is 48.5 Å². The first-order chi connectivity index (χ1) is 9.84. The summed E-state index contributed by atoms with van der Waals surface area (Å²) in [6.45, 7) is 0.989. The Balaban J connectivity index is 1.60. The van der Waals surface area contributed by atoms with Gasteiger partial charge in [0.05, 0.1) is 6.10 Å². The number of benzene rings is 2. The number of anilines is 1. The first-order valence-corrected chi connectivity index (χ1v) is 7.42. The molecule has 0 aromatic heterocycles. The zero-order valence-electron chi connectivity index (χ0n) is 11.7. The van der Waals surface area contributed by atoms with E-state index in [1.807, 2.05) is 12.1 Å². The molecule has 3 rings (SSSR count). The molecule has 1 aliphatic heterocycles. The molecule has 2 aromatic rings. The number of aryl methyl sites for hydroxylation is 1. The quantitative estimate of drug-likeness (QED) is 0.865. The molecule has 0 radical (unpaired) electrons. The van der Waals surface area contributed by atoms with Crippen LogP contribution in [-0.2, 0) is 12.8 Å². The Bertz CT molecular complexity index is 565. The molecule has 0 amide bonds. The third kappa shape index (κ3) is 2.86. The van der Waals surface area contributed by atoms with E-state index in [0.717, 1.165) is 37.8 Å². The van der Waals surface area contributed by atoms with Crippen molar-refractivity contribution in [3.63, 3.8) is 0 Å². The third-order valence-corrected chi connectivity index (χ3v) is 4.02. The predicted molar refractivity (Wildman–Crippen MR) is 83.0 cm³/mol. The Morgan fingerprint density at radius 3 is 2.75 bits per heavy atom. The summed E-state index contributed by atoms with van der Waals surface area (Å²) in [5.41, 5.74) is 4.91. The minimum atomic E-state index is -0.362. The van der Waals surface area contributed by atoms with Crippen LogP contribution in [0.3, 0.4) is 0 Å². The maximum Gasteiger partial charge on any atom is 0.0810 e. The van der Waals surface area contributed by atoms with Gasteiger partial charge in [-0.25, -0.2) is 0 Å². The van der Waals surface area contributed by atoms with Crippen LogP contribution in [0, 0.1) is 0 Å². The number of fused-ring (bicyclic) bond motifs is 1. The Morgan fingerprint density at radius 1 is 1.05 bits per heavy atom. The highest BCUT2D eigenvalue weighted by atomic mass is 16.3. The van der Waals surface area contributed by atoms with Gasteiger partial charge < -0.3 is 10.4 Å². The molecule has 2 heteroatoms. The highest BCUT2D eigenvalue weighted by Crippen LogP contribution is 2.32. The number of para-hydroxylation sites is 1. The Morgan fingerprint density at radius 2 is 1.90 bits per heavy atom. The van der Waals surface area contributed by atoms with Crippen LogP contribution in [-0.4, -0.2) is 11.7 Å². The van der Waals surface area contributed by atoms with Crippen LogP contribution in [0.4, 0.5) is 5.69 Å². The van der Waals surface area contributed by atoms with E-state index in [2.05, 4.69) is 41.7 Å². The molecule has 0 saturated carbocycles. The number of nitrogens with one attached hydrogen (secondary N) is 1. The largest absolute Gasteiger partial charge is 0.388 e. The van der Waals surface area contributed by atoms with Crippen molar-refractivity contribution in [1.29, 1.82) is 0 Å². The fourth-order valence-corrected chi connectivity index (χ4v) is 2.94. The number of rotatable bonds is 5. The third-order valence-electron chi connectivity index (χ3n) is 4.02. The number of hydrogen-bond donors (Lipinski definition) is 2. The Labute approximate surface area is 120 Å². The van der Waals surface area contributed by atoms with Crippen LogP contribution in [0.5, 0.6) is 0 Å². The van der Waals surface area contributed by atoms with E-state index in [1.54, 1.807) is 0 Å². The highest BCUT2D eigenvalue weighted by molar-refractivity contribution is 5.61. The molecule has 0 bridgehead atoms. The zero-order valence-corrected chi connectivity index (χ0v) is 11.7. The van der Waals surface area contributed by atoms with Gasteiger partial charge in [-0.05, 0) is 36.8 Å². The molecule has 1 unspecified atom stereocenters. The highest BCUT2D eigenvalue weighted by Gasteiger charge is 2.18. The van der Waals surface area contributed by atoms with E-state index in [-0.39, 0.29) is 6.10 Å². The van der Waals surface area contributed by atoms with Gasteiger partial charge in [-0.2, -0.15) is 0 Å². The summed E-state index contributed by atoms with van der Waals surface area (Å²) in [5, 5.41) is 13.8. The van der Waals surface area contributed by atoms with Gasteiger partial charge in [0.2, 0.25) is 0 Å². The monoisotopic (exact) mass is 267 g/mol. The topological polar surface area (TPSA) is 32.3 Å². The number of hydrogen-bond acceptors (Lipinski definition) is 2. The van der Waals surface area contributed by atoms with Crippen molar-refractivity contribution in [2.75, 3.05) is 11.9 Å². The van der Waals surface area contributed by atoms with Crippen LogP contribution in [0.1, 0.15) is 35.6 Å². The fraction of sp³-hybridized carbons (Fsp3) is 0.333. The van der Waals surface area contributed by atoms with Crippen molar-refractivity contribution in [1.82, 2.24) is 0 Å². The average Bonchev–Trinajstić information content (AvgIpc) is 2.96. The molecular weight excluding hydrogens is 246 g/mol. The van der Waals surface area contributed by atoms with Crippen molar-refractivity contribution in [3.8, 4) is 0 Å². The van der Waals surface area contributed by atoms with Gasteiger partial charge in [0.15, 0.2) is 0 Å². The van der Waals surface area contributed by atoms with Crippen molar-refractivity contribution < 1.29 is 5.11 Å². The molecule has 20 heavy (non-hydrogen) atoms. The maximum atomic E-state index is 10.4. The van der Waals surface area contributed by atoms with E-state index in [9.17, 15) is 5.11 Å². The average molecular weight is 267 g/mol. The lowest BCUT2D eigenvalue weighted by molar-refractivity contribution is 0.165. The summed E-state index contributed by atoms with van der Waals surface area (Å²) < 4.78 is 0. The first kappa shape index (κ1) is 13.2. The Hall–Kier alpha value is -1.80. The number of aliphatic hydroxyl groups is 1. The van der Waals surface area contributed by atoms with E-state index in [1.165, 1.54) is 16.8 Å². The zero-order chi connectivity index (χ0) is 13.8. The molecule has 0 fully saturated rings. The first-order valence-electron chi connectivity index (χ1n) is 7.42. The summed E-state index contributed by atoms with van der Waals surface area (Å²) >= 11 is 0. The molecular formula is C18H21NO. The van der Waals surface area contributed by atoms with Gasteiger partial charge in [-0.15, -0.1) is 0 Å². The minimum absolute atomic E-state index is 0.362. The molecule has 1 atom stereocenters. The van der Waals surface area contributed by atoms with E-state index >= 15 is 0 Å². The summed E-state index contributed by atoms with van der Waals surface area (Å²) in [5.74, 6) is 0. The van der Waals surface area contributed by atoms with Crippen molar-refractivity contribution in [2.45, 2.75) is 31.8 Å². The van der Waals surface area contributed by atoms with Crippen molar-refractivity contribution in [2.24, 2.45) is 0 Å². The van der Waals surface area contributed by atoms with E-state index in [4.69, 9.17) is 0 Å². The van der Waals surface area contributed by atoms with E-state index in [0.29, 0.717) is 0 Å². The summed E-state index contributed by atoms with van der Waals surface area (Å²) in [4.78, 5) is 0. The van der Waals surface area contributed by atoms with Crippen LogP contribution >= 0.6 is 0 Å². The molecule has 0 spiro atoms. The smallest absolute Gasteiger partial charge is 0.0810 e. The molecule has 0 saturated heterocycles. The second-order valence-electron chi connectivity index (χ2n) is 5.45. The molecule has 2 N–H and O–H groups in total. The standard InChI is InChI=1S/C18H21NO/c20-17(11-4-8-14-6-2-1-3-7-14)16-10-5-9-15-12-13-19-18(15)16/h1-3,5-7,9-10,17,19-20H,4,8,11-13H2. The van der Waals surface area contributed by atoms with Crippen molar-refractivity contribution >= 4 is 5.69 Å². The van der Waals surface area contributed by atoms with Gasteiger partial charge in [-0.3, -0.25) is 0 Å². The van der Waals surface area contributed by atoms with Gasteiger partial charge in [0, 0.05) is 17.8 Å². The molecule has 2 nitrogen and oxygen atoms in total. The summed E-state index contributed by atoms with van der Waals surface area (Å²) in [7, 11) is 0. The normalized spacial score (nSPS) is 14.7. The van der Waals surface area contributed by atoms with Gasteiger partial charge in [0.1, 0.15) is 0 Å². The molecule has 2 aromatic carbocycles. The molecule has 1 aliphatic rings. The van der Waals surface area contributed by atoms with Crippen molar-refractivity contribution in [3.05, 3.63) is 65.2 Å². The van der Waals surface area contributed by atoms with Gasteiger partial charge in [-0.1, -0.05) is 48.5 Å². The molecule has 1 heterocycles. The lowest BCUT2D eigenvalue weighted by Crippen LogP contribution is -2.03. The molecule has 0 aliphatic carbocycles. The second kappa shape index (κ2) is 6.10. The maximum absolute atomic E-state index is 10.4. The molecule has 104 valence electrons. The number of aliphatic hydroxyl groups excluding tert-OH is 1. The van der Waals surface area contributed by atoms with Crippen LogP contribution in [0.2, 0.25) is 0 Å². The van der Waals surface area contributed by atoms with Gasteiger partial charge in [0.25, 0.3) is 0 Å². The van der Waals surface area contributed by atoms with Crippen LogP contribution in [0.25, 0.3) is 0 Å². The summed E-state index contributed by atoms with van der Waals surface area (Å²) in [6, 6.07) is 16.7. The fourth-order valence-electron chi connectivity index (χ4n) is 2.94. The second-order valence-corrected chi connectivity index (χ2v) is 5.45. The lowest BCUT2D eigenvalue weighted by Gasteiger charge is -2.15. The van der Waals surface area contributed by atoms with E-state index < -0.39 is 0 Å². The lowest BCUT2D eigenvalue weighted by atomic mass is 9.98. The summed E-state index contributed by atoms with van der Waals surface area (Å²) in [6.07, 6.45) is 3.56. The van der Waals surface area contributed by atoms with Gasteiger partial charge >= 0.3 is 0 Å². The minimum Gasteiger partial charge on any atom is -0.388 e. The SMILES string of the molecule is OC(CCCc1ccccc1)c1cccc2c1NCC2.